The topological polar surface area (TPSA) is 79.3 Å². The molecule has 0 aromatic carbocycles. The normalized spacial score (nSPS) is 17.6. The van der Waals surface area contributed by atoms with Crippen molar-refractivity contribution in [2.24, 2.45) is 0 Å². The van der Waals surface area contributed by atoms with Crippen molar-refractivity contribution in [2.75, 3.05) is 12.4 Å². The molecule has 0 spiro atoms. The molecule has 1 aliphatic carbocycles. The molecule has 1 aliphatic heterocycles. The number of allylic oxidation sites excluding steroid dienone is 2. The lowest BCUT2D eigenvalue weighted by Crippen LogP contribution is -2.41. The first-order valence-corrected chi connectivity index (χ1v) is 11.1. The number of nitrogens with one attached hydrogen (secondary N) is 1. The SMILES string of the molecule is CON1C2C=CC=CC2=C(c2cncnc2Nc2ccncc2)N1Cc1ccc(C(F)(F)F)nc1C. The maximum absolute atomic E-state index is 13.2. The lowest BCUT2D eigenvalue weighted by Gasteiger charge is -2.33. The molecule has 0 bridgehead atoms. The average molecular weight is 493 g/mol. The van der Waals surface area contributed by atoms with Gasteiger partial charge in [-0.3, -0.25) is 14.8 Å². The van der Waals surface area contributed by atoms with Crippen LogP contribution in [-0.2, 0) is 17.6 Å². The molecule has 1 N–H and O–H groups in total. The second-order valence-electron chi connectivity index (χ2n) is 8.12. The van der Waals surface area contributed by atoms with Gasteiger partial charge in [-0.2, -0.15) is 13.2 Å². The van der Waals surface area contributed by atoms with Gasteiger partial charge in [0.15, 0.2) is 0 Å². The van der Waals surface area contributed by atoms with Crippen molar-refractivity contribution in [3.63, 3.8) is 0 Å². The molecule has 184 valence electrons. The summed E-state index contributed by atoms with van der Waals surface area (Å²) < 4.78 is 39.5. The minimum atomic E-state index is -4.51. The van der Waals surface area contributed by atoms with Crippen molar-refractivity contribution in [3.8, 4) is 0 Å². The molecular formula is C25H22F3N7O. The van der Waals surface area contributed by atoms with Crippen LogP contribution >= 0.6 is 0 Å². The summed E-state index contributed by atoms with van der Waals surface area (Å²) in [5.74, 6) is 0.561. The fraction of sp³-hybridized carbons (Fsp3) is 0.200. The van der Waals surface area contributed by atoms with Crippen molar-refractivity contribution in [1.29, 1.82) is 0 Å². The molecule has 0 radical (unpaired) electrons. The number of hydrazine groups is 1. The summed E-state index contributed by atoms with van der Waals surface area (Å²) >= 11 is 0. The minimum Gasteiger partial charge on any atom is -0.339 e. The Kier molecular flexibility index (Phi) is 6.25. The standard InChI is InChI=1S/C25H22F3N7O/c1-16-17(7-8-22(32-16)25(26,27)28)14-34-23(19-5-3-4-6-21(19)35(34)36-2)20-13-30-15-31-24(20)33-18-9-11-29-12-10-18/h3-13,15,21H,14H2,1-2H3,(H,29,30,31,33). The van der Waals surface area contributed by atoms with Crippen LogP contribution in [0.5, 0.6) is 0 Å². The Morgan fingerprint density at radius 3 is 2.61 bits per heavy atom. The van der Waals surface area contributed by atoms with Gasteiger partial charge in [-0.25, -0.2) is 15.0 Å². The highest BCUT2D eigenvalue weighted by molar-refractivity contribution is 5.81. The number of aromatic nitrogens is 4. The van der Waals surface area contributed by atoms with E-state index in [1.807, 2.05) is 41.4 Å². The van der Waals surface area contributed by atoms with Gasteiger partial charge in [-0.15, -0.1) is 0 Å². The number of hydroxylamine groups is 1. The van der Waals surface area contributed by atoms with Crippen LogP contribution in [0, 0.1) is 6.92 Å². The number of pyridine rings is 2. The quantitative estimate of drug-likeness (QED) is 0.523. The Bertz CT molecular complexity index is 1360. The first kappa shape index (κ1) is 23.6. The van der Waals surface area contributed by atoms with E-state index in [1.54, 1.807) is 37.8 Å². The molecule has 36 heavy (non-hydrogen) atoms. The zero-order valence-electron chi connectivity index (χ0n) is 19.4. The molecule has 4 heterocycles. The summed E-state index contributed by atoms with van der Waals surface area (Å²) in [4.78, 5) is 22.3. The van der Waals surface area contributed by atoms with E-state index in [-0.39, 0.29) is 18.3 Å². The highest BCUT2D eigenvalue weighted by Gasteiger charge is 2.40. The molecule has 5 rings (SSSR count). The van der Waals surface area contributed by atoms with Crippen LogP contribution in [0.2, 0.25) is 0 Å². The van der Waals surface area contributed by atoms with E-state index in [4.69, 9.17) is 4.84 Å². The molecule has 1 atom stereocenters. The van der Waals surface area contributed by atoms with Gasteiger partial charge >= 0.3 is 6.18 Å². The van der Waals surface area contributed by atoms with Crippen LogP contribution in [0.1, 0.15) is 22.5 Å². The molecule has 11 heteroatoms. The van der Waals surface area contributed by atoms with Crippen LogP contribution < -0.4 is 5.32 Å². The van der Waals surface area contributed by atoms with Gasteiger partial charge < -0.3 is 5.32 Å². The van der Waals surface area contributed by atoms with Gasteiger partial charge in [0.2, 0.25) is 0 Å². The van der Waals surface area contributed by atoms with Gasteiger partial charge in [0, 0.05) is 35.5 Å². The number of anilines is 2. The second-order valence-corrected chi connectivity index (χ2v) is 8.12. The molecule has 0 saturated carbocycles. The van der Waals surface area contributed by atoms with Crippen molar-refractivity contribution in [1.82, 2.24) is 30.1 Å². The largest absolute Gasteiger partial charge is 0.433 e. The van der Waals surface area contributed by atoms with E-state index in [0.29, 0.717) is 16.9 Å². The van der Waals surface area contributed by atoms with E-state index in [9.17, 15) is 13.2 Å². The van der Waals surface area contributed by atoms with Crippen molar-refractivity contribution in [2.45, 2.75) is 25.7 Å². The highest BCUT2D eigenvalue weighted by atomic mass is 19.4. The first-order chi connectivity index (χ1) is 17.4. The summed E-state index contributed by atoms with van der Waals surface area (Å²) in [6.07, 6.45) is 9.79. The van der Waals surface area contributed by atoms with Crippen LogP contribution in [0.25, 0.3) is 5.70 Å². The Morgan fingerprint density at radius 2 is 1.89 bits per heavy atom. The van der Waals surface area contributed by atoms with Gasteiger partial charge in [-0.05, 0) is 30.7 Å². The van der Waals surface area contributed by atoms with Crippen molar-refractivity contribution >= 4 is 17.2 Å². The Morgan fingerprint density at radius 1 is 1.08 bits per heavy atom. The molecule has 0 fully saturated rings. The molecule has 0 amide bonds. The van der Waals surface area contributed by atoms with E-state index < -0.39 is 11.9 Å². The van der Waals surface area contributed by atoms with Crippen LogP contribution in [0.3, 0.4) is 0 Å². The smallest absolute Gasteiger partial charge is 0.339 e. The number of nitrogens with zero attached hydrogens (tertiary/aromatic N) is 6. The molecule has 8 nitrogen and oxygen atoms in total. The van der Waals surface area contributed by atoms with Gasteiger partial charge in [0.1, 0.15) is 23.9 Å². The summed E-state index contributed by atoms with van der Waals surface area (Å²) in [7, 11) is 1.55. The first-order valence-electron chi connectivity index (χ1n) is 11.1. The maximum atomic E-state index is 13.2. The summed E-state index contributed by atoms with van der Waals surface area (Å²) in [5, 5.41) is 6.86. The third kappa shape index (κ3) is 4.45. The number of aryl methyl sites for hydroxylation is 1. The average Bonchev–Trinajstić information content (AvgIpc) is 3.18. The zero-order valence-corrected chi connectivity index (χ0v) is 19.4. The monoisotopic (exact) mass is 493 g/mol. The highest BCUT2D eigenvalue weighted by Crippen LogP contribution is 2.42. The lowest BCUT2D eigenvalue weighted by molar-refractivity contribution is -0.247. The fourth-order valence-electron chi connectivity index (χ4n) is 4.25. The number of fused-ring (bicyclic) bond motifs is 1. The van der Waals surface area contributed by atoms with E-state index in [1.165, 1.54) is 12.4 Å². The molecule has 2 aliphatic rings. The second kappa shape index (κ2) is 9.51. The predicted molar refractivity (Wildman–Crippen MR) is 127 cm³/mol. The summed E-state index contributed by atoms with van der Waals surface area (Å²) in [5.41, 5.74) is 3.17. The van der Waals surface area contributed by atoms with E-state index >= 15 is 0 Å². The predicted octanol–water partition coefficient (Wildman–Crippen LogP) is 4.84. The van der Waals surface area contributed by atoms with Crippen LogP contribution in [0.15, 0.2) is 79.1 Å². The van der Waals surface area contributed by atoms with E-state index in [0.717, 1.165) is 23.0 Å². The third-order valence-corrected chi connectivity index (χ3v) is 5.91. The number of rotatable bonds is 6. The van der Waals surface area contributed by atoms with Gasteiger partial charge in [-0.1, -0.05) is 35.5 Å². The number of halogens is 3. The van der Waals surface area contributed by atoms with E-state index in [2.05, 4.69) is 25.3 Å². The number of hydrogen-bond acceptors (Lipinski definition) is 8. The Labute approximate surface area is 205 Å². The van der Waals surface area contributed by atoms with Crippen LogP contribution in [0.4, 0.5) is 24.7 Å². The van der Waals surface area contributed by atoms with Crippen molar-refractivity contribution < 1.29 is 18.0 Å². The molecule has 0 saturated heterocycles. The lowest BCUT2D eigenvalue weighted by atomic mass is 9.99. The Balaban J connectivity index is 1.59. The number of hydrogen-bond donors (Lipinski definition) is 1. The summed E-state index contributed by atoms with van der Waals surface area (Å²) in [6, 6.07) is 5.85. The molecule has 1 unspecified atom stereocenters. The molecular weight excluding hydrogens is 471 g/mol. The summed E-state index contributed by atoms with van der Waals surface area (Å²) in [6.45, 7) is 1.78. The minimum absolute atomic E-state index is 0.214. The van der Waals surface area contributed by atoms with Gasteiger partial charge in [0.05, 0.1) is 24.9 Å². The van der Waals surface area contributed by atoms with Crippen molar-refractivity contribution in [3.05, 3.63) is 102 Å². The Hall–Kier alpha value is -4.09. The third-order valence-electron chi connectivity index (χ3n) is 5.91. The molecule has 3 aromatic rings. The van der Waals surface area contributed by atoms with Crippen LogP contribution in [-0.4, -0.2) is 43.3 Å². The van der Waals surface area contributed by atoms with Gasteiger partial charge in [0.25, 0.3) is 0 Å². The maximum Gasteiger partial charge on any atom is 0.433 e. The fourth-order valence-corrected chi connectivity index (χ4v) is 4.25. The molecule has 3 aromatic heterocycles. The zero-order chi connectivity index (χ0) is 25.3. The number of alkyl halides is 3.